The molecule has 0 amide bonds. The van der Waals surface area contributed by atoms with E-state index in [9.17, 15) is 4.79 Å². The van der Waals surface area contributed by atoms with Crippen LogP contribution in [0.5, 0.6) is 0 Å². The lowest BCUT2D eigenvalue weighted by Gasteiger charge is -2.02. The minimum absolute atomic E-state index is 0.0919. The number of halogens is 1. The highest BCUT2D eigenvalue weighted by molar-refractivity contribution is 6.31. The van der Waals surface area contributed by atoms with Crippen LogP contribution in [0.4, 0.5) is 0 Å². The van der Waals surface area contributed by atoms with Crippen molar-refractivity contribution in [1.82, 2.24) is 0 Å². The Balaban J connectivity index is 4.92. The van der Waals surface area contributed by atoms with Crippen LogP contribution in [0.25, 0.3) is 0 Å². The molecule has 0 atom stereocenters. The highest BCUT2D eigenvalue weighted by atomic mass is 35.5. The maximum atomic E-state index is 11.2. The summed E-state index contributed by atoms with van der Waals surface area (Å²) in [4.78, 5) is 11.2. The van der Waals surface area contributed by atoms with Gasteiger partial charge in [0.05, 0.1) is 5.88 Å². The Morgan fingerprint density at radius 1 is 1.31 bits per heavy atom. The van der Waals surface area contributed by atoms with Crippen molar-refractivity contribution < 1.29 is 4.79 Å². The summed E-state index contributed by atoms with van der Waals surface area (Å²) in [5.74, 6) is -0.317. The van der Waals surface area contributed by atoms with Crippen molar-refractivity contribution in [3.05, 3.63) is 48.7 Å². The van der Waals surface area contributed by atoms with Gasteiger partial charge in [-0.15, -0.1) is 11.6 Å². The van der Waals surface area contributed by atoms with Crippen molar-refractivity contribution in [2.75, 3.05) is 5.88 Å². The van der Waals surface area contributed by atoms with Crippen LogP contribution in [0.1, 0.15) is 0 Å². The third-order valence-corrected chi connectivity index (χ3v) is 1.56. The van der Waals surface area contributed by atoms with Crippen LogP contribution < -0.4 is 5.73 Å². The largest absolute Gasteiger partial charge is 0.398 e. The molecule has 0 radical (unpaired) electrons. The van der Waals surface area contributed by atoms with Crippen LogP contribution in [0.3, 0.4) is 0 Å². The minimum Gasteiger partial charge on any atom is -0.398 e. The molecule has 0 heterocycles. The van der Waals surface area contributed by atoms with Gasteiger partial charge in [0.1, 0.15) is 0 Å². The predicted octanol–water partition coefficient (Wildman–Crippen LogP) is 1.94. The molecule has 0 spiro atoms. The number of alkyl halides is 1. The summed E-state index contributed by atoms with van der Waals surface area (Å²) in [5, 5.41) is 0. The summed E-state index contributed by atoms with van der Waals surface area (Å²) in [7, 11) is 0. The van der Waals surface area contributed by atoms with Crippen LogP contribution in [0.2, 0.25) is 0 Å². The Bertz CT molecular complexity index is 277. The van der Waals surface area contributed by atoms with Crippen LogP contribution >= 0.6 is 11.6 Å². The zero-order chi connectivity index (χ0) is 10.3. The van der Waals surface area contributed by atoms with Gasteiger partial charge in [-0.2, -0.15) is 0 Å². The molecule has 0 rings (SSSR count). The fourth-order valence-corrected chi connectivity index (χ4v) is 0.901. The first kappa shape index (κ1) is 11.7. The van der Waals surface area contributed by atoms with Gasteiger partial charge in [-0.25, -0.2) is 0 Å². The van der Waals surface area contributed by atoms with Gasteiger partial charge in [-0.3, -0.25) is 4.79 Å². The molecule has 0 saturated carbocycles. The zero-order valence-corrected chi connectivity index (χ0v) is 8.05. The number of carbonyl (C=O) groups excluding carboxylic acids is 1. The van der Waals surface area contributed by atoms with Crippen LogP contribution in [0, 0.1) is 0 Å². The lowest BCUT2D eigenvalue weighted by atomic mass is 10.1. The van der Waals surface area contributed by atoms with Crippen LogP contribution in [-0.2, 0) is 4.79 Å². The number of rotatable bonds is 5. The van der Waals surface area contributed by atoms with E-state index in [0.29, 0.717) is 11.3 Å². The Morgan fingerprint density at radius 3 is 2.23 bits per heavy atom. The molecule has 0 aromatic carbocycles. The summed E-state index contributed by atoms with van der Waals surface area (Å²) < 4.78 is 0. The Morgan fingerprint density at radius 2 is 1.85 bits per heavy atom. The third-order valence-electron chi connectivity index (χ3n) is 1.31. The maximum absolute atomic E-state index is 11.2. The van der Waals surface area contributed by atoms with Crippen molar-refractivity contribution in [3.8, 4) is 0 Å². The van der Waals surface area contributed by atoms with E-state index in [-0.39, 0.29) is 11.7 Å². The molecule has 13 heavy (non-hydrogen) atoms. The fourth-order valence-electron chi connectivity index (χ4n) is 0.757. The highest BCUT2D eigenvalue weighted by Crippen LogP contribution is 2.07. The summed E-state index contributed by atoms with van der Waals surface area (Å²) in [5.41, 5.74) is 6.30. The Kier molecular flexibility index (Phi) is 5.64. The standard InChI is InChI=1S/C10H12ClNO/c1-3-5-8(10(13)7-11)9(12)6-4-2/h3-6H,1-2,7,12H2/b8-5+,9-6+. The first-order chi connectivity index (χ1) is 6.17. The molecule has 0 aliphatic carbocycles. The molecular weight excluding hydrogens is 186 g/mol. The topological polar surface area (TPSA) is 43.1 Å². The lowest BCUT2D eigenvalue weighted by molar-refractivity contribution is -0.113. The summed E-state index contributed by atoms with van der Waals surface area (Å²) >= 11 is 5.39. The molecular formula is C10H12ClNO. The average Bonchev–Trinajstić information content (AvgIpc) is 2.13. The molecule has 0 saturated heterocycles. The van der Waals surface area contributed by atoms with E-state index in [4.69, 9.17) is 17.3 Å². The van der Waals surface area contributed by atoms with E-state index in [1.165, 1.54) is 18.2 Å². The van der Waals surface area contributed by atoms with Gasteiger partial charge < -0.3 is 5.73 Å². The second-order valence-electron chi connectivity index (χ2n) is 2.23. The number of carbonyl (C=O) groups is 1. The molecule has 2 nitrogen and oxygen atoms in total. The molecule has 2 N–H and O–H groups in total. The van der Waals surface area contributed by atoms with Crippen LogP contribution in [-0.4, -0.2) is 11.7 Å². The lowest BCUT2D eigenvalue weighted by Crippen LogP contribution is -2.11. The summed E-state index contributed by atoms with van der Waals surface area (Å²) in [6.07, 6.45) is 6.07. The fraction of sp³-hybridized carbons (Fsp3) is 0.100. The van der Waals surface area contributed by atoms with E-state index >= 15 is 0 Å². The maximum Gasteiger partial charge on any atom is 0.179 e. The van der Waals surface area contributed by atoms with E-state index in [1.807, 2.05) is 0 Å². The number of Topliss-reactive ketones (excluding diaryl/α,β-unsaturated/α-hetero) is 1. The van der Waals surface area contributed by atoms with Crippen molar-refractivity contribution >= 4 is 17.4 Å². The van der Waals surface area contributed by atoms with Gasteiger partial charge in [0, 0.05) is 11.3 Å². The first-order valence-corrected chi connectivity index (χ1v) is 4.21. The van der Waals surface area contributed by atoms with Crippen LogP contribution in [0.15, 0.2) is 48.7 Å². The number of nitrogens with two attached hydrogens (primary N) is 1. The molecule has 0 aliphatic heterocycles. The number of hydrogen-bond donors (Lipinski definition) is 1. The molecule has 0 aromatic heterocycles. The van der Waals surface area contributed by atoms with E-state index in [1.54, 1.807) is 6.08 Å². The zero-order valence-electron chi connectivity index (χ0n) is 7.29. The third kappa shape index (κ3) is 3.76. The SMILES string of the molecule is C=C/C=C(N)\C(=C/C=C)C(=O)CCl. The predicted molar refractivity (Wildman–Crippen MR) is 56.5 cm³/mol. The number of hydrogen-bond acceptors (Lipinski definition) is 2. The second kappa shape index (κ2) is 6.26. The van der Waals surface area contributed by atoms with Gasteiger partial charge in [0.25, 0.3) is 0 Å². The minimum atomic E-state index is -0.225. The van der Waals surface area contributed by atoms with Crippen molar-refractivity contribution in [2.45, 2.75) is 0 Å². The van der Waals surface area contributed by atoms with E-state index in [0.717, 1.165) is 0 Å². The van der Waals surface area contributed by atoms with Gasteiger partial charge in [-0.05, 0) is 12.2 Å². The second-order valence-corrected chi connectivity index (χ2v) is 2.50. The first-order valence-electron chi connectivity index (χ1n) is 3.67. The van der Waals surface area contributed by atoms with Gasteiger partial charge >= 0.3 is 0 Å². The van der Waals surface area contributed by atoms with Gasteiger partial charge in [0.2, 0.25) is 0 Å². The molecule has 3 heteroatoms. The van der Waals surface area contributed by atoms with E-state index in [2.05, 4.69) is 13.2 Å². The normalized spacial score (nSPS) is 12.4. The van der Waals surface area contributed by atoms with Crippen molar-refractivity contribution in [1.29, 1.82) is 0 Å². The average molecular weight is 198 g/mol. The summed E-state index contributed by atoms with van der Waals surface area (Å²) in [6, 6.07) is 0. The van der Waals surface area contributed by atoms with Gasteiger partial charge in [0.15, 0.2) is 5.78 Å². The highest BCUT2D eigenvalue weighted by Gasteiger charge is 2.08. The quantitative estimate of drug-likeness (QED) is 0.416. The van der Waals surface area contributed by atoms with E-state index < -0.39 is 0 Å². The molecule has 0 aromatic rings. The molecule has 0 aliphatic rings. The van der Waals surface area contributed by atoms with Crippen molar-refractivity contribution in [3.63, 3.8) is 0 Å². The smallest absolute Gasteiger partial charge is 0.179 e. The molecule has 0 bridgehead atoms. The summed E-state index contributed by atoms with van der Waals surface area (Å²) in [6.45, 7) is 6.95. The number of allylic oxidation sites excluding steroid dienone is 5. The molecule has 0 unspecified atom stereocenters. The molecule has 0 fully saturated rings. The van der Waals surface area contributed by atoms with Crippen molar-refractivity contribution in [2.24, 2.45) is 5.73 Å². The number of ketones is 1. The molecule has 70 valence electrons. The Hall–Kier alpha value is -1.28. The monoisotopic (exact) mass is 197 g/mol. The Labute approximate surface area is 83.1 Å². The van der Waals surface area contributed by atoms with Gasteiger partial charge in [-0.1, -0.05) is 25.3 Å².